The van der Waals surface area contributed by atoms with Gasteiger partial charge in [0.2, 0.25) is 5.88 Å². The molecule has 0 fully saturated rings. The monoisotopic (exact) mass is 347 g/mol. The van der Waals surface area contributed by atoms with E-state index in [4.69, 9.17) is 4.74 Å². The van der Waals surface area contributed by atoms with Crippen LogP contribution in [0.1, 0.15) is 22.1 Å². The second-order valence-electron chi connectivity index (χ2n) is 4.54. The molecule has 2 rings (SSSR count). The highest BCUT2D eigenvalue weighted by Gasteiger charge is 2.45. The number of methoxy groups -OCH3 is 1. The van der Waals surface area contributed by atoms with Gasteiger partial charge in [0.15, 0.2) is 11.7 Å². The van der Waals surface area contributed by atoms with Crippen molar-refractivity contribution in [1.29, 1.82) is 0 Å². The average Bonchev–Trinajstić information content (AvgIpc) is 2.52. The molecule has 2 aromatic rings. The normalized spacial score (nSPS) is 12.6. The van der Waals surface area contributed by atoms with Crippen molar-refractivity contribution in [2.75, 3.05) is 7.11 Å². The lowest BCUT2D eigenvalue weighted by Crippen LogP contribution is -2.39. The highest BCUT2D eigenvalue weighted by Crippen LogP contribution is 2.35. The first-order valence-electron chi connectivity index (χ1n) is 6.43. The number of halogens is 5. The summed E-state index contributed by atoms with van der Waals surface area (Å²) >= 11 is 0. The Morgan fingerprint density at radius 2 is 1.75 bits per heavy atom. The van der Waals surface area contributed by atoms with Crippen molar-refractivity contribution in [3.8, 4) is 5.88 Å². The summed E-state index contributed by atoms with van der Waals surface area (Å²) < 4.78 is 71.5. The third-order valence-corrected chi connectivity index (χ3v) is 2.97. The van der Waals surface area contributed by atoms with Crippen LogP contribution in [-0.2, 0) is 0 Å². The van der Waals surface area contributed by atoms with E-state index >= 15 is 0 Å². The predicted molar refractivity (Wildman–Crippen MR) is 71.2 cm³/mol. The smallest absolute Gasteiger partial charge is 0.413 e. The Morgan fingerprint density at radius 3 is 2.21 bits per heavy atom. The van der Waals surface area contributed by atoms with Crippen molar-refractivity contribution in [3.05, 3.63) is 53.2 Å². The molecular formula is C14H10F5N3O2. The van der Waals surface area contributed by atoms with Crippen molar-refractivity contribution in [2.45, 2.75) is 12.2 Å². The molecule has 1 heterocycles. The van der Waals surface area contributed by atoms with Crippen LogP contribution in [-0.4, -0.2) is 29.4 Å². The van der Waals surface area contributed by atoms with Crippen molar-refractivity contribution >= 4 is 5.91 Å². The quantitative estimate of drug-likeness (QED) is 0.864. The van der Waals surface area contributed by atoms with Gasteiger partial charge in [-0.25, -0.2) is 8.78 Å². The Morgan fingerprint density at radius 1 is 1.12 bits per heavy atom. The lowest BCUT2D eigenvalue weighted by Gasteiger charge is -2.22. The van der Waals surface area contributed by atoms with E-state index in [2.05, 4.69) is 10.2 Å². The Kier molecular flexibility index (Phi) is 4.96. The van der Waals surface area contributed by atoms with Crippen LogP contribution in [0.5, 0.6) is 5.88 Å². The molecule has 0 unspecified atom stereocenters. The molecule has 1 aromatic carbocycles. The number of carbonyl (C=O) groups is 1. The number of ether oxygens (including phenoxy) is 1. The minimum Gasteiger partial charge on any atom is -0.480 e. The number of hydrogen-bond acceptors (Lipinski definition) is 4. The van der Waals surface area contributed by atoms with Gasteiger partial charge < -0.3 is 10.1 Å². The van der Waals surface area contributed by atoms with E-state index < -0.39 is 41.0 Å². The van der Waals surface area contributed by atoms with Crippen molar-refractivity contribution < 1.29 is 31.5 Å². The molecule has 1 N–H and O–H groups in total. The Balaban J connectivity index is 2.34. The highest BCUT2D eigenvalue weighted by molar-refractivity contribution is 5.92. The number of rotatable bonds is 4. The van der Waals surface area contributed by atoms with E-state index in [0.29, 0.717) is 12.1 Å². The number of aromatic nitrogens is 2. The van der Waals surface area contributed by atoms with Crippen molar-refractivity contribution in [3.63, 3.8) is 0 Å². The molecule has 128 valence electrons. The lowest BCUT2D eigenvalue weighted by molar-refractivity contribution is -0.156. The molecule has 0 saturated heterocycles. The second kappa shape index (κ2) is 6.77. The van der Waals surface area contributed by atoms with Crippen LogP contribution >= 0.6 is 0 Å². The molecule has 0 aliphatic rings. The third kappa shape index (κ3) is 3.76. The van der Waals surface area contributed by atoms with Crippen LogP contribution < -0.4 is 10.1 Å². The molecule has 1 aromatic heterocycles. The van der Waals surface area contributed by atoms with Crippen LogP contribution in [0.4, 0.5) is 22.0 Å². The number of alkyl halides is 3. The topological polar surface area (TPSA) is 64.1 Å². The van der Waals surface area contributed by atoms with Crippen LogP contribution in [0.2, 0.25) is 0 Å². The van der Waals surface area contributed by atoms with Crippen molar-refractivity contribution in [1.82, 2.24) is 15.5 Å². The highest BCUT2D eigenvalue weighted by atomic mass is 19.4. The molecule has 0 radical (unpaired) electrons. The summed E-state index contributed by atoms with van der Waals surface area (Å²) in [6.07, 6.45) is -5.13. The number of hydrogen-bond donors (Lipinski definition) is 1. The lowest BCUT2D eigenvalue weighted by atomic mass is 10.0. The summed E-state index contributed by atoms with van der Waals surface area (Å²) in [5.74, 6) is -4.12. The van der Waals surface area contributed by atoms with Gasteiger partial charge in [0.1, 0.15) is 11.6 Å². The number of amides is 1. The summed E-state index contributed by atoms with van der Waals surface area (Å²) in [4.78, 5) is 11.9. The fraction of sp³-hybridized carbons (Fsp3) is 0.214. The molecule has 1 amide bonds. The largest absolute Gasteiger partial charge is 0.480 e. The van der Waals surface area contributed by atoms with Crippen LogP contribution in [0.15, 0.2) is 30.3 Å². The van der Waals surface area contributed by atoms with E-state index in [1.807, 2.05) is 0 Å². The molecular weight excluding hydrogens is 337 g/mol. The standard InChI is InChI=1S/C14H10F5N3O2/c1-24-10-6-5-9(21-22-10)13(23)20-12(14(17,18)19)11-7(15)3-2-4-8(11)16/h2-6,12H,1H3,(H,20,23)/t12-/m1/s1. The second-order valence-corrected chi connectivity index (χ2v) is 4.54. The van der Waals surface area contributed by atoms with E-state index in [1.165, 1.54) is 18.5 Å². The molecule has 1 atom stereocenters. The Labute approximate surface area is 132 Å². The number of nitrogens with one attached hydrogen (secondary N) is 1. The van der Waals surface area contributed by atoms with Gasteiger partial charge in [-0.15, -0.1) is 10.2 Å². The zero-order valence-corrected chi connectivity index (χ0v) is 12.1. The van der Waals surface area contributed by atoms with Gasteiger partial charge >= 0.3 is 6.18 Å². The third-order valence-electron chi connectivity index (χ3n) is 2.97. The van der Waals surface area contributed by atoms with Gasteiger partial charge in [0.05, 0.1) is 12.7 Å². The molecule has 0 aliphatic carbocycles. The SMILES string of the molecule is COc1ccc(C(=O)N[C@H](c2c(F)cccc2F)C(F)(F)F)nn1. The van der Waals surface area contributed by atoms with Gasteiger partial charge in [0.25, 0.3) is 5.91 Å². The summed E-state index contributed by atoms with van der Waals surface area (Å²) in [6, 6.07) is 1.63. The van der Waals surface area contributed by atoms with E-state index in [9.17, 15) is 26.7 Å². The molecule has 10 heteroatoms. The predicted octanol–water partition coefficient (Wildman–Crippen LogP) is 2.80. The first kappa shape index (κ1) is 17.6. The van der Waals surface area contributed by atoms with Crippen LogP contribution in [0.25, 0.3) is 0 Å². The number of nitrogens with zero attached hydrogens (tertiary/aromatic N) is 2. The van der Waals surface area contributed by atoms with Crippen molar-refractivity contribution in [2.24, 2.45) is 0 Å². The molecule has 0 saturated carbocycles. The average molecular weight is 347 g/mol. The zero-order valence-electron chi connectivity index (χ0n) is 12.1. The minimum atomic E-state index is -5.13. The summed E-state index contributed by atoms with van der Waals surface area (Å²) in [5.41, 5.74) is -1.78. The zero-order chi connectivity index (χ0) is 17.9. The van der Waals surface area contributed by atoms with E-state index in [-0.39, 0.29) is 5.88 Å². The maximum Gasteiger partial charge on any atom is 0.413 e. The number of benzene rings is 1. The first-order chi connectivity index (χ1) is 11.2. The fourth-order valence-corrected chi connectivity index (χ4v) is 1.86. The minimum absolute atomic E-state index is 0.0408. The van der Waals surface area contributed by atoms with Gasteiger partial charge in [-0.2, -0.15) is 13.2 Å². The van der Waals surface area contributed by atoms with Gasteiger partial charge in [-0.1, -0.05) is 6.07 Å². The van der Waals surface area contributed by atoms with E-state index in [0.717, 1.165) is 12.1 Å². The Hall–Kier alpha value is -2.78. The Bertz CT molecular complexity index is 714. The van der Waals surface area contributed by atoms with Gasteiger partial charge in [0, 0.05) is 6.07 Å². The summed E-state index contributed by atoms with van der Waals surface area (Å²) in [7, 11) is 1.28. The maximum atomic E-state index is 13.6. The first-order valence-corrected chi connectivity index (χ1v) is 6.43. The molecule has 5 nitrogen and oxygen atoms in total. The number of carbonyl (C=O) groups excluding carboxylic acids is 1. The van der Waals surface area contributed by atoms with Crippen LogP contribution in [0, 0.1) is 11.6 Å². The molecule has 0 bridgehead atoms. The molecule has 0 spiro atoms. The summed E-state index contributed by atoms with van der Waals surface area (Å²) in [5, 5.41) is 8.34. The molecule has 0 aliphatic heterocycles. The van der Waals surface area contributed by atoms with Gasteiger partial charge in [-0.3, -0.25) is 4.79 Å². The fourth-order valence-electron chi connectivity index (χ4n) is 1.86. The van der Waals surface area contributed by atoms with Crippen LogP contribution in [0.3, 0.4) is 0 Å². The maximum absolute atomic E-state index is 13.6. The van der Waals surface area contributed by atoms with Gasteiger partial charge in [-0.05, 0) is 18.2 Å². The summed E-state index contributed by atoms with van der Waals surface area (Å²) in [6.45, 7) is 0. The molecule has 24 heavy (non-hydrogen) atoms. The van der Waals surface area contributed by atoms with E-state index in [1.54, 1.807) is 0 Å².